The Morgan fingerprint density at radius 1 is 1.30 bits per heavy atom. The number of hydrogen-bond donors (Lipinski definition) is 1. The summed E-state index contributed by atoms with van der Waals surface area (Å²) in [5.41, 5.74) is 1.29. The summed E-state index contributed by atoms with van der Waals surface area (Å²) in [6.07, 6.45) is 11.4. The lowest BCUT2D eigenvalue weighted by atomic mass is 9.96. The maximum Gasteiger partial charge on any atom is 0.243 e. The first-order valence-electron chi connectivity index (χ1n) is 9.77. The number of aryl methyl sites for hydroxylation is 1. The lowest BCUT2D eigenvalue weighted by molar-refractivity contribution is -0.127. The van der Waals surface area contributed by atoms with E-state index in [9.17, 15) is 4.79 Å². The molecule has 27 heavy (non-hydrogen) atoms. The van der Waals surface area contributed by atoms with Crippen LogP contribution in [-0.2, 0) is 11.8 Å². The van der Waals surface area contributed by atoms with Crippen molar-refractivity contribution in [1.29, 1.82) is 0 Å². The fourth-order valence-electron chi connectivity index (χ4n) is 3.83. The van der Waals surface area contributed by atoms with Crippen LogP contribution in [0.2, 0.25) is 0 Å². The number of aliphatic imine (C=N–C) groups is 1. The van der Waals surface area contributed by atoms with Gasteiger partial charge in [-0.3, -0.25) is 9.48 Å². The molecule has 1 amide bonds. The van der Waals surface area contributed by atoms with E-state index in [-0.39, 0.29) is 36.4 Å². The van der Waals surface area contributed by atoms with E-state index in [4.69, 9.17) is 0 Å². The predicted molar refractivity (Wildman–Crippen MR) is 119 cm³/mol. The first kappa shape index (κ1) is 22.0. The third-order valence-corrected chi connectivity index (χ3v) is 5.49. The van der Waals surface area contributed by atoms with Gasteiger partial charge in [0.05, 0.1) is 6.20 Å². The molecule has 1 saturated carbocycles. The van der Waals surface area contributed by atoms with E-state index in [2.05, 4.69) is 26.5 Å². The maximum atomic E-state index is 12.0. The fourth-order valence-corrected chi connectivity index (χ4v) is 3.83. The molecule has 7 nitrogen and oxygen atoms in total. The van der Waals surface area contributed by atoms with E-state index >= 15 is 0 Å². The van der Waals surface area contributed by atoms with Gasteiger partial charge in [0.1, 0.15) is 6.54 Å². The standard InChI is InChI=1S/C19H32N6O.HI/c1-23(2)18(26)12-20-19(22-17-7-5-4-6-8-17)25-10-9-15(14-25)16-11-21-24(3)13-16;/h11,13,15,17H,4-10,12,14H2,1-3H3,(H,20,22);1H. The normalized spacial score (nSPS) is 21.1. The molecule has 0 spiro atoms. The highest BCUT2D eigenvalue weighted by atomic mass is 127. The zero-order valence-electron chi connectivity index (χ0n) is 16.7. The number of nitrogens with one attached hydrogen (secondary N) is 1. The van der Waals surface area contributed by atoms with Crippen molar-refractivity contribution >= 4 is 35.8 Å². The van der Waals surface area contributed by atoms with Crippen molar-refractivity contribution in [3.8, 4) is 0 Å². The Labute approximate surface area is 179 Å². The Morgan fingerprint density at radius 2 is 2.04 bits per heavy atom. The molecule has 1 saturated heterocycles. The van der Waals surface area contributed by atoms with Crippen LogP contribution in [0.25, 0.3) is 0 Å². The first-order chi connectivity index (χ1) is 12.5. The largest absolute Gasteiger partial charge is 0.353 e. The molecule has 1 aliphatic carbocycles. The lowest BCUT2D eigenvalue weighted by Crippen LogP contribution is -2.46. The Hall–Kier alpha value is -1.32. The van der Waals surface area contributed by atoms with Crippen molar-refractivity contribution in [2.75, 3.05) is 33.7 Å². The number of nitrogens with zero attached hydrogens (tertiary/aromatic N) is 5. The van der Waals surface area contributed by atoms with Gasteiger partial charge in [0, 0.05) is 52.4 Å². The molecule has 2 fully saturated rings. The summed E-state index contributed by atoms with van der Waals surface area (Å²) in [6, 6.07) is 0.481. The number of guanidine groups is 1. The molecular weight excluding hydrogens is 455 g/mol. The van der Waals surface area contributed by atoms with Gasteiger partial charge in [-0.15, -0.1) is 24.0 Å². The minimum atomic E-state index is 0. The molecule has 3 rings (SSSR count). The number of carbonyl (C=O) groups is 1. The van der Waals surface area contributed by atoms with E-state index < -0.39 is 0 Å². The van der Waals surface area contributed by atoms with Gasteiger partial charge in [0.25, 0.3) is 0 Å². The first-order valence-corrected chi connectivity index (χ1v) is 9.77. The number of halogens is 1. The quantitative estimate of drug-likeness (QED) is 0.401. The van der Waals surface area contributed by atoms with E-state index in [1.165, 1.54) is 37.7 Å². The minimum Gasteiger partial charge on any atom is -0.353 e. The Kier molecular flexibility index (Phi) is 8.37. The smallest absolute Gasteiger partial charge is 0.243 e. The van der Waals surface area contributed by atoms with Gasteiger partial charge in [-0.05, 0) is 24.8 Å². The predicted octanol–water partition coefficient (Wildman–Crippen LogP) is 2.19. The summed E-state index contributed by atoms with van der Waals surface area (Å²) in [6.45, 7) is 2.10. The van der Waals surface area contributed by atoms with E-state index in [1.807, 2.05) is 17.9 Å². The molecule has 1 atom stereocenters. The molecule has 1 aliphatic heterocycles. The van der Waals surface area contributed by atoms with Crippen molar-refractivity contribution < 1.29 is 4.79 Å². The molecule has 1 N–H and O–H groups in total. The molecule has 2 heterocycles. The maximum absolute atomic E-state index is 12.0. The lowest BCUT2D eigenvalue weighted by Gasteiger charge is -2.29. The monoisotopic (exact) mass is 488 g/mol. The fraction of sp³-hybridized carbons (Fsp3) is 0.737. The summed E-state index contributed by atoms with van der Waals surface area (Å²) in [5.74, 6) is 1.42. The zero-order chi connectivity index (χ0) is 18.5. The van der Waals surface area contributed by atoms with Crippen LogP contribution in [0.15, 0.2) is 17.4 Å². The molecular formula is C19H33IN6O. The molecule has 152 valence electrons. The minimum absolute atomic E-state index is 0. The van der Waals surface area contributed by atoms with Gasteiger partial charge >= 0.3 is 0 Å². The van der Waals surface area contributed by atoms with Gasteiger partial charge in [-0.25, -0.2) is 4.99 Å². The second kappa shape index (κ2) is 10.3. The molecule has 1 unspecified atom stereocenters. The number of rotatable bonds is 4. The SMILES string of the molecule is CN(C)C(=O)CN=C(NC1CCCCC1)N1CCC(c2cnn(C)c2)C1.I. The van der Waals surface area contributed by atoms with Crippen molar-refractivity contribution in [2.24, 2.45) is 12.0 Å². The van der Waals surface area contributed by atoms with Gasteiger partial charge < -0.3 is 15.1 Å². The van der Waals surface area contributed by atoms with Gasteiger partial charge in [0.15, 0.2) is 5.96 Å². The number of amides is 1. The Morgan fingerprint density at radius 3 is 2.67 bits per heavy atom. The van der Waals surface area contributed by atoms with E-state index in [0.29, 0.717) is 12.0 Å². The Bertz CT molecular complexity index is 638. The summed E-state index contributed by atoms with van der Waals surface area (Å²) in [4.78, 5) is 20.6. The van der Waals surface area contributed by atoms with Crippen molar-refractivity contribution in [3.05, 3.63) is 18.0 Å². The second-order valence-electron chi connectivity index (χ2n) is 7.79. The highest BCUT2D eigenvalue weighted by molar-refractivity contribution is 14.0. The average Bonchev–Trinajstić information content (AvgIpc) is 3.28. The molecule has 0 radical (unpaired) electrons. The summed E-state index contributed by atoms with van der Waals surface area (Å²) in [7, 11) is 5.52. The third-order valence-electron chi connectivity index (χ3n) is 5.49. The molecule has 1 aromatic rings. The molecule has 2 aliphatic rings. The molecule has 0 bridgehead atoms. The van der Waals surface area contributed by atoms with Crippen LogP contribution in [0, 0.1) is 0 Å². The number of hydrogen-bond acceptors (Lipinski definition) is 3. The average molecular weight is 488 g/mol. The number of carbonyl (C=O) groups excluding carboxylic acids is 1. The van der Waals surface area contributed by atoms with Crippen LogP contribution in [0.1, 0.15) is 50.0 Å². The highest BCUT2D eigenvalue weighted by Crippen LogP contribution is 2.27. The zero-order valence-corrected chi connectivity index (χ0v) is 19.1. The molecule has 1 aromatic heterocycles. The number of aromatic nitrogens is 2. The third kappa shape index (κ3) is 6.08. The van der Waals surface area contributed by atoms with E-state index in [0.717, 1.165) is 25.5 Å². The van der Waals surface area contributed by atoms with Gasteiger partial charge in [-0.2, -0.15) is 5.10 Å². The van der Waals surface area contributed by atoms with Crippen molar-refractivity contribution in [2.45, 2.75) is 50.5 Å². The second-order valence-corrected chi connectivity index (χ2v) is 7.79. The number of likely N-dealkylation sites (tertiary alicyclic amines) is 1. The highest BCUT2D eigenvalue weighted by Gasteiger charge is 2.28. The molecule has 0 aromatic carbocycles. The summed E-state index contributed by atoms with van der Waals surface area (Å²) < 4.78 is 1.86. The van der Waals surface area contributed by atoms with Crippen molar-refractivity contribution in [1.82, 2.24) is 24.9 Å². The van der Waals surface area contributed by atoms with Gasteiger partial charge in [-0.1, -0.05) is 19.3 Å². The summed E-state index contributed by atoms with van der Waals surface area (Å²) in [5, 5.41) is 7.96. The van der Waals surface area contributed by atoms with Crippen LogP contribution < -0.4 is 5.32 Å². The Balaban J connectivity index is 0.00000261. The topological polar surface area (TPSA) is 65.8 Å². The van der Waals surface area contributed by atoms with Crippen LogP contribution in [0.3, 0.4) is 0 Å². The van der Waals surface area contributed by atoms with Crippen LogP contribution >= 0.6 is 24.0 Å². The van der Waals surface area contributed by atoms with Crippen LogP contribution in [0.5, 0.6) is 0 Å². The summed E-state index contributed by atoms with van der Waals surface area (Å²) >= 11 is 0. The van der Waals surface area contributed by atoms with Gasteiger partial charge in [0.2, 0.25) is 5.91 Å². The molecule has 8 heteroatoms. The van der Waals surface area contributed by atoms with Crippen molar-refractivity contribution in [3.63, 3.8) is 0 Å². The van der Waals surface area contributed by atoms with Crippen LogP contribution in [-0.4, -0.2) is 71.2 Å². The van der Waals surface area contributed by atoms with E-state index in [1.54, 1.807) is 19.0 Å². The number of likely N-dealkylation sites (N-methyl/N-ethyl adjacent to an activating group) is 1. The van der Waals surface area contributed by atoms with Crippen LogP contribution in [0.4, 0.5) is 0 Å².